The molecule has 0 aliphatic rings. The van der Waals surface area contributed by atoms with Crippen molar-refractivity contribution >= 4 is 0 Å². The molecule has 0 saturated heterocycles. The second-order valence-corrected chi connectivity index (χ2v) is 3.90. The van der Waals surface area contributed by atoms with Crippen LogP contribution >= 0.6 is 0 Å². The summed E-state index contributed by atoms with van der Waals surface area (Å²) in [6.45, 7) is 10.6. The van der Waals surface area contributed by atoms with Crippen LogP contribution in [-0.4, -0.2) is 12.2 Å². The van der Waals surface area contributed by atoms with Crippen LogP contribution in [0.25, 0.3) is 0 Å². The minimum absolute atomic E-state index is 0.340. The van der Waals surface area contributed by atoms with Crippen LogP contribution in [0, 0.1) is 5.92 Å². The van der Waals surface area contributed by atoms with Crippen LogP contribution in [0.4, 0.5) is 0 Å². The van der Waals surface area contributed by atoms with Gasteiger partial charge in [-0.25, -0.2) is 0 Å². The second kappa shape index (κ2) is 6.24. The number of rotatable bonds is 5. The summed E-state index contributed by atoms with van der Waals surface area (Å²) < 4.78 is 5.58. The summed E-state index contributed by atoms with van der Waals surface area (Å²) in [7, 11) is 0. The molecule has 0 aliphatic heterocycles. The number of ether oxygens (including phenoxy) is 1. The van der Waals surface area contributed by atoms with E-state index in [1.807, 2.05) is 0 Å². The average Bonchev–Trinajstić information content (AvgIpc) is 1.84. The molecule has 0 spiro atoms. The van der Waals surface area contributed by atoms with Crippen molar-refractivity contribution < 1.29 is 4.74 Å². The van der Waals surface area contributed by atoms with Gasteiger partial charge in [0.25, 0.3) is 0 Å². The fourth-order valence-corrected chi connectivity index (χ4v) is 1.06. The summed E-state index contributed by atoms with van der Waals surface area (Å²) in [6.07, 6.45) is 6.14. The SMILES string of the molecule is CC(C)C=CC[C@H](C)OC(C)C. The molecule has 0 N–H and O–H groups in total. The van der Waals surface area contributed by atoms with E-state index in [-0.39, 0.29) is 0 Å². The van der Waals surface area contributed by atoms with Gasteiger partial charge in [-0.3, -0.25) is 0 Å². The van der Waals surface area contributed by atoms with Gasteiger partial charge in [0.1, 0.15) is 0 Å². The third-order valence-electron chi connectivity index (χ3n) is 1.49. The zero-order chi connectivity index (χ0) is 9.56. The fourth-order valence-electron chi connectivity index (χ4n) is 1.06. The molecule has 1 heteroatoms. The Bertz CT molecular complexity index is 125. The van der Waals surface area contributed by atoms with Gasteiger partial charge in [-0.05, 0) is 33.1 Å². The first-order valence-corrected chi connectivity index (χ1v) is 4.84. The van der Waals surface area contributed by atoms with E-state index in [1.165, 1.54) is 0 Å². The Morgan fingerprint density at radius 3 is 2.08 bits per heavy atom. The maximum Gasteiger partial charge on any atom is 0.0584 e. The van der Waals surface area contributed by atoms with E-state index < -0.39 is 0 Å². The Morgan fingerprint density at radius 2 is 1.67 bits per heavy atom. The van der Waals surface area contributed by atoms with Gasteiger partial charge >= 0.3 is 0 Å². The van der Waals surface area contributed by atoms with Gasteiger partial charge in [-0.15, -0.1) is 0 Å². The van der Waals surface area contributed by atoms with Crippen molar-refractivity contribution in [2.24, 2.45) is 5.92 Å². The van der Waals surface area contributed by atoms with E-state index in [2.05, 4.69) is 46.8 Å². The van der Waals surface area contributed by atoms with Crippen molar-refractivity contribution in [3.63, 3.8) is 0 Å². The molecule has 0 saturated carbocycles. The van der Waals surface area contributed by atoms with Crippen molar-refractivity contribution in [1.82, 2.24) is 0 Å². The highest BCUT2D eigenvalue weighted by Crippen LogP contribution is 2.04. The zero-order valence-electron chi connectivity index (χ0n) is 9.00. The van der Waals surface area contributed by atoms with Crippen molar-refractivity contribution in [2.75, 3.05) is 0 Å². The number of allylic oxidation sites excluding steroid dienone is 1. The average molecular weight is 170 g/mol. The first kappa shape index (κ1) is 11.7. The van der Waals surface area contributed by atoms with Crippen LogP contribution in [0.1, 0.15) is 41.0 Å². The molecule has 0 amide bonds. The minimum atomic E-state index is 0.340. The van der Waals surface area contributed by atoms with Crippen molar-refractivity contribution in [1.29, 1.82) is 0 Å². The highest BCUT2D eigenvalue weighted by atomic mass is 16.5. The van der Waals surface area contributed by atoms with Crippen LogP contribution in [0.2, 0.25) is 0 Å². The van der Waals surface area contributed by atoms with E-state index in [4.69, 9.17) is 4.74 Å². The van der Waals surface area contributed by atoms with Crippen LogP contribution in [0.3, 0.4) is 0 Å². The highest BCUT2D eigenvalue weighted by molar-refractivity contribution is 4.85. The van der Waals surface area contributed by atoms with E-state index in [0.29, 0.717) is 18.1 Å². The maximum absolute atomic E-state index is 5.58. The van der Waals surface area contributed by atoms with Crippen LogP contribution in [-0.2, 0) is 4.74 Å². The monoisotopic (exact) mass is 170 g/mol. The Kier molecular flexibility index (Phi) is 6.09. The molecule has 0 aromatic carbocycles. The molecule has 72 valence electrons. The summed E-state index contributed by atoms with van der Waals surface area (Å²) in [5.41, 5.74) is 0. The quantitative estimate of drug-likeness (QED) is 0.575. The molecule has 1 atom stereocenters. The summed E-state index contributed by atoms with van der Waals surface area (Å²) >= 11 is 0. The molecule has 1 nitrogen and oxygen atoms in total. The standard InChI is InChI=1S/C11H22O/c1-9(2)7-6-8-11(5)12-10(3)4/h6-7,9-11H,8H2,1-5H3/t11-/m0/s1. The van der Waals surface area contributed by atoms with Gasteiger partial charge in [0.15, 0.2) is 0 Å². The fraction of sp³-hybridized carbons (Fsp3) is 0.818. The molecule has 0 aromatic rings. The van der Waals surface area contributed by atoms with E-state index in [0.717, 1.165) is 6.42 Å². The molecule has 0 unspecified atom stereocenters. The first-order chi connectivity index (χ1) is 5.52. The van der Waals surface area contributed by atoms with Gasteiger partial charge in [-0.1, -0.05) is 26.0 Å². The third-order valence-corrected chi connectivity index (χ3v) is 1.49. The maximum atomic E-state index is 5.58. The molecule has 0 bridgehead atoms. The summed E-state index contributed by atoms with van der Waals surface area (Å²) in [5.74, 6) is 0.649. The Labute approximate surface area is 76.8 Å². The molecule has 0 radical (unpaired) electrons. The number of hydrogen-bond donors (Lipinski definition) is 0. The largest absolute Gasteiger partial charge is 0.376 e. The Balaban J connectivity index is 3.49. The minimum Gasteiger partial charge on any atom is -0.376 e. The normalized spacial score (nSPS) is 14.9. The van der Waals surface area contributed by atoms with Crippen molar-refractivity contribution in [2.45, 2.75) is 53.2 Å². The predicted octanol–water partition coefficient (Wildman–Crippen LogP) is 3.40. The summed E-state index contributed by atoms with van der Waals surface area (Å²) in [6, 6.07) is 0. The van der Waals surface area contributed by atoms with Crippen molar-refractivity contribution in [3.05, 3.63) is 12.2 Å². The second-order valence-electron chi connectivity index (χ2n) is 3.90. The molecule has 0 aliphatic carbocycles. The molecule has 0 heterocycles. The van der Waals surface area contributed by atoms with Crippen LogP contribution < -0.4 is 0 Å². The lowest BCUT2D eigenvalue weighted by Crippen LogP contribution is -2.13. The molecule has 12 heavy (non-hydrogen) atoms. The highest BCUT2D eigenvalue weighted by Gasteiger charge is 2.01. The molecule has 0 fully saturated rings. The van der Waals surface area contributed by atoms with Gasteiger partial charge in [0.2, 0.25) is 0 Å². The van der Waals surface area contributed by atoms with Gasteiger partial charge in [0, 0.05) is 0 Å². The Morgan fingerprint density at radius 1 is 1.08 bits per heavy atom. The predicted molar refractivity (Wildman–Crippen MR) is 54.3 cm³/mol. The van der Waals surface area contributed by atoms with Crippen LogP contribution in [0.5, 0.6) is 0 Å². The van der Waals surface area contributed by atoms with E-state index >= 15 is 0 Å². The topological polar surface area (TPSA) is 9.23 Å². The lowest BCUT2D eigenvalue weighted by Gasteiger charge is -2.13. The smallest absolute Gasteiger partial charge is 0.0584 e. The van der Waals surface area contributed by atoms with Gasteiger partial charge in [0.05, 0.1) is 12.2 Å². The Hall–Kier alpha value is -0.300. The molecule has 0 aromatic heterocycles. The van der Waals surface area contributed by atoms with Gasteiger partial charge in [-0.2, -0.15) is 0 Å². The van der Waals surface area contributed by atoms with Gasteiger partial charge < -0.3 is 4.74 Å². The zero-order valence-corrected chi connectivity index (χ0v) is 9.00. The van der Waals surface area contributed by atoms with Crippen molar-refractivity contribution in [3.8, 4) is 0 Å². The number of hydrogen-bond acceptors (Lipinski definition) is 1. The lowest BCUT2D eigenvalue weighted by atomic mass is 10.1. The first-order valence-electron chi connectivity index (χ1n) is 4.84. The van der Waals surface area contributed by atoms with E-state index in [1.54, 1.807) is 0 Å². The summed E-state index contributed by atoms with van der Waals surface area (Å²) in [5, 5.41) is 0. The lowest BCUT2D eigenvalue weighted by molar-refractivity contribution is 0.0209. The summed E-state index contributed by atoms with van der Waals surface area (Å²) in [4.78, 5) is 0. The molecular weight excluding hydrogens is 148 g/mol. The third kappa shape index (κ3) is 7.80. The van der Waals surface area contributed by atoms with Crippen LogP contribution in [0.15, 0.2) is 12.2 Å². The van der Waals surface area contributed by atoms with E-state index in [9.17, 15) is 0 Å². The molecular formula is C11H22O. The molecule has 0 rings (SSSR count).